The highest BCUT2D eigenvalue weighted by Gasteiger charge is 2.26. The van der Waals surface area contributed by atoms with Crippen LogP contribution in [0.1, 0.15) is 36.5 Å². The minimum atomic E-state index is -3.51. The van der Waals surface area contributed by atoms with Gasteiger partial charge in [0.05, 0.1) is 4.90 Å². The van der Waals surface area contributed by atoms with Gasteiger partial charge in [0.25, 0.3) is 0 Å². The molecule has 2 unspecified atom stereocenters. The lowest BCUT2D eigenvalue weighted by Crippen LogP contribution is -2.33. The van der Waals surface area contributed by atoms with Crippen LogP contribution in [-0.4, -0.2) is 20.4 Å². The monoisotopic (exact) mass is 282 g/mol. The number of sulfonamides is 1. The molecule has 1 aromatic carbocycles. The second-order valence-corrected chi connectivity index (χ2v) is 6.84. The summed E-state index contributed by atoms with van der Waals surface area (Å²) in [6.07, 6.45) is 2.80. The fraction of sp³-hybridized carbons (Fsp3) is 0.462. The number of primary amides is 1. The van der Waals surface area contributed by atoms with E-state index in [0.717, 1.165) is 19.3 Å². The van der Waals surface area contributed by atoms with Crippen molar-refractivity contribution in [3.63, 3.8) is 0 Å². The first kappa shape index (κ1) is 14.0. The molecule has 0 heterocycles. The molecule has 0 aromatic heterocycles. The van der Waals surface area contributed by atoms with Crippen LogP contribution >= 0.6 is 0 Å². The largest absolute Gasteiger partial charge is 0.366 e. The van der Waals surface area contributed by atoms with Gasteiger partial charge in [-0.15, -0.1) is 0 Å². The molecular weight excluding hydrogens is 264 g/mol. The van der Waals surface area contributed by atoms with Crippen molar-refractivity contribution in [2.45, 2.75) is 37.1 Å². The van der Waals surface area contributed by atoms with Gasteiger partial charge in [-0.2, -0.15) is 0 Å². The summed E-state index contributed by atoms with van der Waals surface area (Å²) in [7, 11) is -3.51. The van der Waals surface area contributed by atoms with Crippen LogP contribution in [0.5, 0.6) is 0 Å². The number of carbonyl (C=O) groups excluding carboxylic acids is 1. The Hall–Kier alpha value is -1.40. The van der Waals surface area contributed by atoms with Crippen LogP contribution in [0.4, 0.5) is 0 Å². The second kappa shape index (κ2) is 5.30. The van der Waals surface area contributed by atoms with Gasteiger partial charge in [-0.3, -0.25) is 4.79 Å². The average Bonchev–Trinajstić information content (AvgIpc) is 2.74. The molecule has 1 fully saturated rings. The minimum absolute atomic E-state index is 0.0100. The fourth-order valence-electron chi connectivity index (χ4n) is 2.40. The molecule has 19 heavy (non-hydrogen) atoms. The van der Waals surface area contributed by atoms with Gasteiger partial charge in [-0.25, -0.2) is 13.1 Å². The molecule has 5 nitrogen and oxygen atoms in total. The predicted molar refractivity (Wildman–Crippen MR) is 72.1 cm³/mol. The Morgan fingerprint density at radius 2 is 1.89 bits per heavy atom. The highest BCUT2D eigenvalue weighted by molar-refractivity contribution is 7.89. The number of hydrogen-bond acceptors (Lipinski definition) is 3. The summed E-state index contributed by atoms with van der Waals surface area (Å²) in [5.41, 5.74) is 5.42. The van der Waals surface area contributed by atoms with Crippen molar-refractivity contribution in [2.75, 3.05) is 0 Å². The molecule has 2 atom stereocenters. The van der Waals surface area contributed by atoms with Crippen LogP contribution in [0, 0.1) is 5.92 Å². The van der Waals surface area contributed by atoms with E-state index in [1.807, 2.05) is 0 Å². The molecule has 1 aliphatic carbocycles. The van der Waals surface area contributed by atoms with Crippen LogP contribution in [0.15, 0.2) is 29.2 Å². The summed E-state index contributed by atoms with van der Waals surface area (Å²) in [6.45, 7) is 2.12. The first-order valence-corrected chi connectivity index (χ1v) is 7.79. The lowest BCUT2D eigenvalue weighted by atomic mass is 10.1. The molecule has 0 bridgehead atoms. The van der Waals surface area contributed by atoms with Gasteiger partial charge < -0.3 is 5.73 Å². The Morgan fingerprint density at radius 3 is 2.37 bits per heavy atom. The van der Waals surface area contributed by atoms with Crippen LogP contribution in [-0.2, 0) is 10.0 Å². The standard InChI is InChI=1S/C13H18N2O3S/c1-9-2-5-11(8-9)15-19(17,18)12-6-3-10(4-7-12)13(14)16/h3-4,6-7,9,11,15H,2,5,8H2,1H3,(H2,14,16). The van der Waals surface area contributed by atoms with Crippen molar-refractivity contribution in [2.24, 2.45) is 11.7 Å². The molecule has 0 spiro atoms. The summed E-state index contributed by atoms with van der Waals surface area (Å²) in [5.74, 6) is -0.00791. The van der Waals surface area contributed by atoms with Gasteiger partial charge in [0, 0.05) is 11.6 Å². The van der Waals surface area contributed by atoms with E-state index in [1.165, 1.54) is 24.3 Å². The Morgan fingerprint density at radius 1 is 1.26 bits per heavy atom. The van der Waals surface area contributed by atoms with Crippen molar-refractivity contribution in [3.05, 3.63) is 29.8 Å². The van der Waals surface area contributed by atoms with Gasteiger partial charge in [0.2, 0.25) is 15.9 Å². The van der Waals surface area contributed by atoms with Crippen LogP contribution in [0.25, 0.3) is 0 Å². The van der Waals surface area contributed by atoms with E-state index in [2.05, 4.69) is 11.6 Å². The van der Waals surface area contributed by atoms with Crippen LogP contribution in [0.2, 0.25) is 0 Å². The SMILES string of the molecule is CC1CCC(NS(=O)(=O)c2ccc(C(N)=O)cc2)C1. The van der Waals surface area contributed by atoms with Gasteiger partial charge in [-0.1, -0.05) is 6.92 Å². The maximum atomic E-state index is 12.1. The Balaban J connectivity index is 2.13. The van der Waals surface area contributed by atoms with E-state index in [1.54, 1.807) is 0 Å². The Kier molecular flexibility index (Phi) is 3.91. The van der Waals surface area contributed by atoms with Gasteiger partial charge >= 0.3 is 0 Å². The summed E-state index contributed by atoms with van der Waals surface area (Å²) in [5, 5.41) is 0. The molecule has 6 heteroatoms. The fourth-order valence-corrected chi connectivity index (χ4v) is 3.68. The molecule has 1 aliphatic rings. The van der Waals surface area contributed by atoms with E-state index in [-0.39, 0.29) is 10.9 Å². The zero-order valence-electron chi connectivity index (χ0n) is 10.8. The predicted octanol–water partition coefficient (Wildman–Crippen LogP) is 1.25. The molecular formula is C13H18N2O3S. The number of nitrogens with one attached hydrogen (secondary N) is 1. The number of nitrogens with two attached hydrogens (primary N) is 1. The van der Waals surface area contributed by atoms with Gasteiger partial charge in [-0.05, 0) is 49.4 Å². The molecule has 0 aliphatic heterocycles. The molecule has 2 rings (SSSR count). The molecule has 104 valence electrons. The summed E-state index contributed by atoms with van der Waals surface area (Å²) >= 11 is 0. The third kappa shape index (κ3) is 3.33. The number of carbonyl (C=O) groups is 1. The van der Waals surface area contributed by atoms with E-state index in [0.29, 0.717) is 11.5 Å². The summed E-state index contributed by atoms with van der Waals surface area (Å²) in [4.78, 5) is 11.1. The normalized spacial score (nSPS) is 23.4. The van der Waals surface area contributed by atoms with E-state index >= 15 is 0 Å². The maximum Gasteiger partial charge on any atom is 0.248 e. The molecule has 1 saturated carbocycles. The molecule has 0 radical (unpaired) electrons. The van der Waals surface area contributed by atoms with E-state index in [9.17, 15) is 13.2 Å². The van der Waals surface area contributed by atoms with Crippen molar-refractivity contribution in [1.82, 2.24) is 4.72 Å². The van der Waals surface area contributed by atoms with Crippen molar-refractivity contribution in [1.29, 1.82) is 0 Å². The number of benzene rings is 1. The third-order valence-electron chi connectivity index (χ3n) is 3.47. The third-order valence-corrected chi connectivity index (χ3v) is 5.00. The van der Waals surface area contributed by atoms with Crippen molar-refractivity contribution < 1.29 is 13.2 Å². The van der Waals surface area contributed by atoms with Gasteiger partial charge in [0.1, 0.15) is 0 Å². The Bertz CT molecular complexity index is 566. The topological polar surface area (TPSA) is 89.3 Å². The quantitative estimate of drug-likeness (QED) is 0.871. The second-order valence-electron chi connectivity index (χ2n) is 5.13. The van der Waals surface area contributed by atoms with E-state index < -0.39 is 15.9 Å². The van der Waals surface area contributed by atoms with Crippen molar-refractivity contribution in [3.8, 4) is 0 Å². The average molecular weight is 282 g/mol. The highest BCUT2D eigenvalue weighted by Crippen LogP contribution is 2.26. The lowest BCUT2D eigenvalue weighted by Gasteiger charge is -2.13. The van der Waals surface area contributed by atoms with Crippen molar-refractivity contribution >= 4 is 15.9 Å². The minimum Gasteiger partial charge on any atom is -0.366 e. The maximum absolute atomic E-state index is 12.1. The zero-order valence-corrected chi connectivity index (χ0v) is 11.6. The summed E-state index contributed by atoms with van der Waals surface area (Å²) in [6, 6.07) is 5.67. The van der Waals surface area contributed by atoms with Crippen LogP contribution < -0.4 is 10.5 Å². The molecule has 0 saturated heterocycles. The molecule has 1 amide bonds. The Labute approximate surface area is 113 Å². The number of amides is 1. The first-order chi connectivity index (χ1) is 8.88. The zero-order chi connectivity index (χ0) is 14.0. The molecule has 1 aromatic rings. The number of hydrogen-bond donors (Lipinski definition) is 2. The van der Waals surface area contributed by atoms with Gasteiger partial charge in [0.15, 0.2) is 0 Å². The summed E-state index contributed by atoms with van der Waals surface area (Å²) < 4.78 is 27.0. The highest BCUT2D eigenvalue weighted by atomic mass is 32.2. The first-order valence-electron chi connectivity index (χ1n) is 6.30. The van der Waals surface area contributed by atoms with Crippen LogP contribution in [0.3, 0.4) is 0 Å². The lowest BCUT2D eigenvalue weighted by molar-refractivity contribution is 0.1000. The number of rotatable bonds is 4. The smallest absolute Gasteiger partial charge is 0.248 e. The molecule has 3 N–H and O–H groups in total. The van der Waals surface area contributed by atoms with E-state index in [4.69, 9.17) is 5.73 Å².